The molecule has 1 aromatic carbocycles. The van der Waals surface area contributed by atoms with Crippen molar-refractivity contribution in [1.29, 1.82) is 0 Å². The standard InChI is InChI=1S/C20H21N7O3S/c28-19-5-2-14-12-16(13-15-6-11-26(19)20(14)15)31(29,30)23-9-8-21-17-3-4-18(25-24-17)27-10-1-7-22-27/h1,3-4,7,10,12-13,23H,2,5-6,8-9,11H2,(H,21,24). The Labute approximate surface area is 179 Å². The van der Waals surface area contributed by atoms with E-state index in [-0.39, 0.29) is 17.3 Å². The Bertz CT molecular complexity index is 1220. The van der Waals surface area contributed by atoms with Crippen LogP contribution < -0.4 is 14.9 Å². The Balaban J connectivity index is 1.21. The first-order chi connectivity index (χ1) is 15.0. The summed E-state index contributed by atoms with van der Waals surface area (Å²) >= 11 is 0. The van der Waals surface area contributed by atoms with Crippen LogP contribution in [0.3, 0.4) is 0 Å². The lowest BCUT2D eigenvalue weighted by molar-refractivity contribution is -0.118. The minimum atomic E-state index is -3.65. The number of carbonyl (C=O) groups excluding carboxylic acids is 1. The van der Waals surface area contributed by atoms with Crippen molar-refractivity contribution >= 4 is 27.4 Å². The molecule has 2 aliphatic rings. The summed E-state index contributed by atoms with van der Waals surface area (Å²) in [4.78, 5) is 14.1. The van der Waals surface area contributed by atoms with Gasteiger partial charge in [-0.25, -0.2) is 17.8 Å². The molecule has 2 N–H and O–H groups in total. The van der Waals surface area contributed by atoms with Gasteiger partial charge < -0.3 is 10.2 Å². The van der Waals surface area contributed by atoms with Crippen LogP contribution in [0.5, 0.6) is 0 Å². The highest BCUT2D eigenvalue weighted by molar-refractivity contribution is 7.89. The normalized spacial score (nSPS) is 15.2. The molecule has 0 bridgehead atoms. The summed E-state index contributed by atoms with van der Waals surface area (Å²) in [5, 5.41) is 15.3. The predicted molar refractivity (Wildman–Crippen MR) is 114 cm³/mol. The van der Waals surface area contributed by atoms with Gasteiger partial charge in [-0.15, -0.1) is 10.2 Å². The van der Waals surface area contributed by atoms with E-state index in [4.69, 9.17) is 0 Å². The average molecular weight is 440 g/mol. The first-order valence-electron chi connectivity index (χ1n) is 10.0. The van der Waals surface area contributed by atoms with Crippen LogP contribution in [-0.4, -0.2) is 53.9 Å². The number of anilines is 2. The van der Waals surface area contributed by atoms with Crippen LogP contribution in [0.4, 0.5) is 11.5 Å². The van der Waals surface area contributed by atoms with Gasteiger partial charge in [-0.1, -0.05) is 0 Å². The van der Waals surface area contributed by atoms with Crippen LogP contribution in [0.2, 0.25) is 0 Å². The highest BCUT2D eigenvalue weighted by Crippen LogP contribution is 2.38. The molecule has 2 aromatic heterocycles. The minimum absolute atomic E-state index is 0.117. The third kappa shape index (κ3) is 3.77. The Morgan fingerprint density at radius 3 is 2.61 bits per heavy atom. The molecule has 11 heteroatoms. The molecule has 31 heavy (non-hydrogen) atoms. The molecule has 0 saturated heterocycles. The number of nitrogens with zero attached hydrogens (tertiary/aromatic N) is 5. The van der Waals surface area contributed by atoms with Gasteiger partial charge in [0.2, 0.25) is 15.9 Å². The first-order valence-corrected chi connectivity index (χ1v) is 11.5. The van der Waals surface area contributed by atoms with Crippen molar-refractivity contribution in [2.24, 2.45) is 0 Å². The van der Waals surface area contributed by atoms with Crippen LogP contribution in [0, 0.1) is 0 Å². The van der Waals surface area contributed by atoms with Crippen molar-refractivity contribution in [3.8, 4) is 5.82 Å². The molecular weight excluding hydrogens is 418 g/mol. The fourth-order valence-corrected chi connectivity index (χ4v) is 5.12. The lowest BCUT2D eigenvalue weighted by Gasteiger charge is -2.25. The predicted octanol–water partition coefficient (Wildman–Crippen LogP) is 0.888. The molecule has 10 nitrogen and oxygen atoms in total. The largest absolute Gasteiger partial charge is 0.367 e. The molecule has 5 rings (SSSR count). The second-order valence-electron chi connectivity index (χ2n) is 7.44. The van der Waals surface area contributed by atoms with Crippen LogP contribution in [-0.2, 0) is 27.7 Å². The van der Waals surface area contributed by atoms with E-state index in [1.807, 2.05) is 0 Å². The van der Waals surface area contributed by atoms with Gasteiger partial charge in [0.15, 0.2) is 5.82 Å². The van der Waals surface area contributed by atoms with Gasteiger partial charge in [-0.3, -0.25) is 4.79 Å². The maximum absolute atomic E-state index is 12.8. The zero-order valence-corrected chi connectivity index (χ0v) is 17.5. The quantitative estimate of drug-likeness (QED) is 0.524. The molecule has 0 fully saturated rings. The number of sulfonamides is 1. The molecule has 0 saturated carbocycles. The Morgan fingerprint density at radius 2 is 1.87 bits per heavy atom. The van der Waals surface area contributed by atoms with E-state index in [0.717, 1.165) is 16.8 Å². The van der Waals surface area contributed by atoms with E-state index in [1.165, 1.54) is 0 Å². The summed E-state index contributed by atoms with van der Waals surface area (Å²) in [5.74, 6) is 1.26. The van der Waals surface area contributed by atoms with E-state index in [2.05, 4.69) is 25.3 Å². The van der Waals surface area contributed by atoms with E-state index in [0.29, 0.717) is 44.0 Å². The van der Waals surface area contributed by atoms with Gasteiger partial charge in [0.25, 0.3) is 0 Å². The molecule has 0 spiro atoms. The molecule has 160 valence electrons. The maximum atomic E-state index is 12.8. The summed E-state index contributed by atoms with van der Waals surface area (Å²) < 4.78 is 29.8. The number of rotatable bonds is 7. The molecule has 2 aliphatic heterocycles. The van der Waals surface area contributed by atoms with Gasteiger partial charge in [0.05, 0.1) is 10.6 Å². The number of nitrogens with one attached hydrogen (secondary N) is 2. The Hall–Kier alpha value is -3.31. The third-order valence-corrected chi connectivity index (χ3v) is 6.89. The second kappa shape index (κ2) is 7.75. The molecule has 4 heterocycles. The molecule has 0 aliphatic carbocycles. The smallest absolute Gasteiger partial charge is 0.240 e. The fraction of sp³-hybridized carbons (Fsp3) is 0.300. The molecule has 0 unspecified atom stereocenters. The minimum Gasteiger partial charge on any atom is -0.367 e. The maximum Gasteiger partial charge on any atom is 0.240 e. The van der Waals surface area contributed by atoms with Crippen molar-refractivity contribution in [3.05, 3.63) is 53.9 Å². The number of carbonyl (C=O) groups is 1. The van der Waals surface area contributed by atoms with E-state index in [1.54, 1.807) is 52.3 Å². The van der Waals surface area contributed by atoms with Crippen molar-refractivity contribution in [3.63, 3.8) is 0 Å². The first kappa shape index (κ1) is 19.6. The van der Waals surface area contributed by atoms with Crippen molar-refractivity contribution in [2.75, 3.05) is 29.9 Å². The van der Waals surface area contributed by atoms with Crippen LogP contribution in [0.15, 0.2) is 47.6 Å². The lowest BCUT2D eigenvalue weighted by atomic mass is 10.00. The van der Waals surface area contributed by atoms with E-state index < -0.39 is 10.0 Å². The SMILES string of the molecule is O=C1CCc2cc(S(=O)(=O)NCCNc3ccc(-n4cccn4)nn3)cc3c2N1CC3. The zero-order chi connectivity index (χ0) is 21.4. The molecular formula is C20H21N7O3S. The fourth-order valence-electron chi connectivity index (χ4n) is 3.99. The highest BCUT2D eigenvalue weighted by atomic mass is 32.2. The van der Waals surface area contributed by atoms with Crippen LogP contribution >= 0.6 is 0 Å². The van der Waals surface area contributed by atoms with Crippen LogP contribution in [0.25, 0.3) is 5.82 Å². The monoisotopic (exact) mass is 439 g/mol. The zero-order valence-electron chi connectivity index (χ0n) is 16.7. The van der Waals surface area contributed by atoms with Gasteiger partial charge in [0, 0.05) is 38.4 Å². The second-order valence-corrected chi connectivity index (χ2v) is 9.20. The van der Waals surface area contributed by atoms with Crippen molar-refractivity contribution in [1.82, 2.24) is 24.7 Å². The number of hydrogen-bond acceptors (Lipinski definition) is 7. The van der Waals surface area contributed by atoms with Crippen molar-refractivity contribution < 1.29 is 13.2 Å². The highest BCUT2D eigenvalue weighted by Gasteiger charge is 2.32. The van der Waals surface area contributed by atoms with Gasteiger partial charge in [-0.05, 0) is 54.3 Å². The number of amides is 1. The third-order valence-electron chi connectivity index (χ3n) is 5.45. The van der Waals surface area contributed by atoms with Crippen LogP contribution in [0.1, 0.15) is 17.5 Å². The average Bonchev–Trinajstić information content (AvgIpc) is 3.45. The Kier molecular flexibility index (Phi) is 4.91. The summed E-state index contributed by atoms with van der Waals surface area (Å²) in [6.45, 7) is 1.18. The van der Waals surface area contributed by atoms with E-state index in [9.17, 15) is 13.2 Å². The molecule has 1 amide bonds. The van der Waals surface area contributed by atoms with Gasteiger partial charge in [-0.2, -0.15) is 5.10 Å². The van der Waals surface area contributed by atoms with Gasteiger partial charge in [0.1, 0.15) is 5.82 Å². The summed E-state index contributed by atoms with van der Waals surface area (Å²) in [7, 11) is -3.65. The molecule has 0 atom stereocenters. The number of benzene rings is 1. The number of hydrogen-bond donors (Lipinski definition) is 2. The Morgan fingerprint density at radius 1 is 1.03 bits per heavy atom. The summed E-state index contributed by atoms with van der Waals surface area (Å²) in [5.41, 5.74) is 2.77. The number of aryl methyl sites for hydroxylation is 1. The lowest BCUT2D eigenvalue weighted by Crippen LogP contribution is -2.33. The van der Waals surface area contributed by atoms with Gasteiger partial charge >= 0.3 is 0 Å². The summed E-state index contributed by atoms with van der Waals surface area (Å²) in [6.07, 6.45) is 5.12. The van der Waals surface area contributed by atoms with Crippen molar-refractivity contribution in [2.45, 2.75) is 24.2 Å². The number of aromatic nitrogens is 4. The molecule has 3 aromatic rings. The van der Waals surface area contributed by atoms with E-state index >= 15 is 0 Å². The molecule has 0 radical (unpaired) electrons. The topological polar surface area (TPSA) is 122 Å². The summed E-state index contributed by atoms with van der Waals surface area (Å²) in [6, 6.07) is 8.71.